The molecule has 2 aromatic rings. The molecule has 0 aromatic carbocycles. The van der Waals surface area contributed by atoms with Crippen molar-refractivity contribution in [3.8, 4) is 0 Å². The van der Waals surface area contributed by atoms with Gasteiger partial charge in [0, 0.05) is 36.3 Å². The average molecular weight is 329 g/mol. The Bertz CT molecular complexity index is 553. The number of nitrogens with two attached hydrogens (primary N) is 1. The molecule has 0 spiro atoms. The van der Waals surface area contributed by atoms with E-state index in [2.05, 4.69) is 15.0 Å². The summed E-state index contributed by atoms with van der Waals surface area (Å²) in [6, 6.07) is 3.45. The van der Waals surface area contributed by atoms with Gasteiger partial charge in [0.05, 0.1) is 10.7 Å². The van der Waals surface area contributed by atoms with Crippen LogP contribution in [0, 0.1) is 0 Å². The molecule has 2 aromatic heterocycles. The van der Waals surface area contributed by atoms with E-state index in [9.17, 15) is 0 Å². The van der Waals surface area contributed by atoms with Crippen molar-refractivity contribution in [3.05, 3.63) is 47.0 Å². The van der Waals surface area contributed by atoms with E-state index in [1.807, 2.05) is 6.07 Å². The summed E-state index contributed by atoms with van der Waals surface area (Å²) >= 11 is 13.6. The Kier molecular flexibility index (Phi) is 6.04. The highest BCUT2D eigenvalue weighted by molar-refractivity contribution is 7.98. The van der Waals surface area contributed by atoms with Crippen LogP contribution in [0.4, 0.5) is 0 Å². The molecule has 2 heterocycles. The maximum atomic E-state index is 6.37. The van der Waals surface area contributed by atoms with Crippen LogP contribution in [0.1, 0.15) is 23.7 Å². The molecule has 0 aliphatic heterocycles. The third-order valence-electron chi connectivity index (χ3n) is 2.69. The van der Waals surface area contributed by atoms with Gasteiger partial charge in [0.25, 0.3) is 0 Å². The molecule has 2 rings (SSSR count). The smallest absolute Gasteiger partial charge is 0.187 e. The predicted octanol–water partition coefficient (Wildman–Crippen LogP) is 3.45. The maximum absolute atomic E-state index is 6.37. The number of hydrogen-bond donors (Lipinski definition) is 1. The van der Waals surface area contributed by atoms with Crippen LogP contribution in [0.2, 0.25) is 5.02 Å². The van der Waals surface area contributed by atoms with Crippen molar-refractivity contribution in [2.24, 2.45) is 5.73 Å². The van der Waals surface area contributed by atoms with Gasteiger partial charge in [0.2, 0.25) is 0 Å². The SMILES string of the molecule is NC(CCCl)c1ccnc(CSc2ncccn2)c1Cl. The van der Waals surface area contributed by atoms with Crippen LogP contribution >= 0.6 is 35.0 Å². The minimum atomic E-state index is -0.167. The van der Waals surface area contributed by atoms with Crippen LogP contribution in [-0.4, -0.2) is 20.8 Å². The molecule has 0 radical (unpaired) electrons. The summed E-state index contributed by atoms with van der Waals surface area (Å²) in [6.07, 6.45) is 5.81. The Hall–Kier alpha value is -0.880. The van der Waals surface area contributed by atoms with Crippen LogP contribution in [-0.2, 0) is 5.75 Å². The van der Waals surface area contributed by atoms with E-state index >= 15 is 0 Å². The summed E-state index contributed by atoms with van der Waals surface area (Å²) in [5.41, 5.74) is 7.72. The van der Waals surface area contributed by atoms with Crippen LogP contribution in [0.15, 0.2) is 35.9 Å². The summed E-state index contributed by atoms with van der Waals surface area (Å²) in [6.45, 7) is 0. The Morgan fingerprint density at radius 1 is 1.20 bits per heavy atom. The summed E-state index contributed by atoms with van der Waals surface area (Å²) < 4.78 is 0. The molecule has 0 bridgehead atoms. The average Bonchev–Trinajstić information content (AvgIpc) is 2.47. The van der Waals surface area contributed by atoms with Gasteiger partial charge in [0.1, 0.15) is 0 Å². The fourth-order valence-corrected chi connectivity index (χ4v) is 3.05. The molecule has 0 aliphatic carbocycles. The number of halogens is 2. The number of nitrogens with zero attached hydrogens (tertiary/aromatic N) is 3. The van der Waals surface area contributed by atoms with E-state index in [1.165, 1.54) is 11.8 Å². The van der Waals surface area contributed by atoms with E-state index in [1.54, 1.807) is 24.7 Å². The lowest BCUT2D eigenvalue weighted by atomic mass is 10.1. The van der Waals surface area contributed by atoms with E-state index in [0.717, 1.165) is 11.3 Å². The Morgan fingerprint density at radius 3 is 2.65 bits per heavy atom. The quantitative estimate of drug-likeness (QED) is 0.500. The molecule has 7 heteroatoms. The van der Waals surface area contributed by atoms with Gasteiger partial charge in [-0.15, -0.1) is 11.6 Å². The van der Waals surface area contributed by atoms with Gasteiger partial charge in [-0.2, -0.15) is 0 Å². The van der Waals surface area contributed by atoms with Crippen molar-refractivity contribution in [2.45, 2.75) is 23.4 Å². The van der Waals surface area contributed by atoms with Gasteiger partial charge in [-0.25, -0.2) is 9.97 Å². The first kappa shape index (κ1) is 15.5. The first-order valence-corrected chi connectivity index (χ1v) is 7.97. The standard InChI is InChI=1S/C13H14Cl2N4S/c14-4-2-10(16)9-3-7-17-11(12(9)15)8-20-13-18-5-1-6-19-13/h1,3,5-7,10H,2,4,8,16H2. The van der Waals surface area contributed by atoms with Crippen molar-refractivity contribution in [1.29, 1.82) is 0 Å². The minimum absolute atomic E-state index is 0.167. The second-order valence-electron chi connectivity index (χ2n) is 4.07. The topological polar surface area (TPSA) is 64.7 Å². The van der Waals surface area contributed by atoms with Gasteiger partial charge >= 0.3 is 0 Å². The molecule has 20 heavy (non-hydrogen) atoms. The van der Waals surface area contributed by atoms with Crippen molar-refractivity contribution < 1.29 is 0 Å². The second kappa shape index (κ2) is 7.78. The number of pyridine rings is 1. The van der Waals surface area contributed by atoms with Gasteiger partial charge in [0.15, 0.2) is 5.16 Å². The number of rotatable bonds is 6. The fourth-order valence-electron chi connectivity index (χ4n) is 1.66. The van der Waals surface area contributed by atoms with E-state index in [4.69, 9.17) is 28.9 Å². The molecule has 1 atom stereocenters. The zero-order valence-electron chi connectivity index (χ0n) is 10.7. The molecule has 0 saturated carbocycles. The molecule has 0 fully saturated rings. The lowest BCUT2D eigenvalue weighted by molar-refractivity contribution is 0.700. The molecule has 0 saturated heterocycles. The highest BCUT2D eigenvalue weighted by atomic mass is 35.5. The predicted molar refractivity (Wildman–Crippen MR) is 83.1 cm³/mol. The normalized spacial score (nSPS) is 12.3. The zero-order chi connectivity index (χ0) is 14.4. The maximum Gasteiger partial charge on any atom is 0.187 e. The minimum Gasteiger partial charge on any atom is -0.324 e. The number of aromatic nitrogens is 3. The largest absolute Gasteiger partial charge is 0.324 e. The summed E-state index contributed by atoms with van der Waals surface area (Å²) in [5.74, 6) is 1.10. The summed E-state index contributed by atoms with van der Waals surface area (Å²) in [4.78, 5) is 12.6. The zero-order valence-corrected chi connectivity index (χ0v) is 13.0. The fraction of sp³-hybridized carbons (Fsp3) is 0.308. The molecular formula is C13H14Cl2N4S. The monoisotopic (exact) mass is 328 g/mol. The highest BCUT2D eigenvalue weighted by Crippen LogP contribution is 2.29. The van der Waals surface area contributed by atoms with Gasteiger partial charge in [-0.3, -0.25) is 4.98 Å². The number of hydrogen-bond acceptors (Lipinski definition) is 5. The lowest BCUT2D eigenvalue weighted by Crippen LogP contribution is -2.12. The van der Waals surface area contributed by atoms with Crippen molar-refractivity contribution in [2.75, 3.05) is 5.88 Å². The van der Waals surface area contributed by atoms with Crippen LogP contribution in [0.25, 0.3) is 0 Å². The third-order valence-corrected chi connectivity index (χ3v) is 4.23. The van der Waals surface area contributed by atoms with Crippen molar-refractivity contribution in [1.82, 2.24) is 15.0 Å². The lowest BCUT2D eigenvalue weighted by Gasteiger charge is -2.14. The first-order valence-electron chi connectivity index (χ1n) is 6.07. The van der Waals surface area contributed by atoms with Crippen LogP contribution < -0.4 is 5.73 Å². The van der Waals surface area contributed by atoms with Crippen molar-refractivity contribution >= 4 is 35.0 Å². The van der Waals surface area contributed by atoms with Crippen LogP contribution in [0.3, 0.4) is 0 Å². The first-order chi connectivity index (χ1) is 9.72. The van der Waals surface area contributed by atoms with E-state index in [0.29, 0.717) is 28.2 Å². The summed E-state index contributed by atoms with van der Waals surface area (Å²) in [5, 5.41) is 1.30. The Labute approximate surface area is 132 Å². The Morgan fingerprint density at radius 2 is 1.95 bits per heavy atom. The van der Waals surface area contributed by atoms with E-state index in [-0.39, 0.29) is 6.04 Å². The third kappa shape index (κ3) is 4.06. The molecule has 4 nitrogen and oxygen atoms in total. The number of thioether (sulfide) groups is 1. The summed E-state index contributed by atoms with van der Waals surface area (Å²) in [7, 11) is 0. The highest BCUT2D eigenvalue weighted by Gasteiger charge is 2.14. The molecule has 2 N–H and O–H groups in total. The van der Waals surface area contributed by atoms with Gasteiger partial charge in [-0.05, 0) is 24.1 Å². The molecule has 0 aliphatic rings. The van der Waals surface area contributed by atoms with Crippen LogP contribution in [0.5, 0.6) is 0 Å². The van der Waals surface area contributed by atoms with Gasteiger partial charge < -0.3 is 5.73 Å². The second-order valence-corrected chi connectivity index (χ2v) is 5.76. The molecule has 1 unspecified atom stereocenters. The van der Waals surface area contributed by atoms with Crippen molar-refractivity contribution in [3.63, 3.8) is 0 Å². The Balaban J connectivity index is 2.10. The molecule has 106 valence electrons. The number of alkyl halides is 1. The molecular weight excluding hydrogens is 315 g/mol. The van der Waals surface area contributed by atoms with E-state index < -0.39 is 0 Å². The molecule has 0 amide bonds. The van der Waals surface area contributed by atoms with Gasteiger partial charge in [-0.1, -0.05) is 23.4 Å².